The summed E-state index contributed by atoms with van der Waals surface area (Å²) in [7, 11) is 0. The highest BCUT2D eigenvalue weighted by molar-refractivity contribution is 5.40. The smallest absolute Gasteiger partial charge is 0.126 e. The van der Waals surface area contributed by atoms with E-state index in [1.54, 1.807) is 0 Å². The first kappa shape index (κ1) is 9.43. The number of pyridine rings is 1. The van der Waals surface area contributed by atoms with Gasteiger partial charge in [-0.1, -0.05) is 0 Å². The number of rotatable bonds is 1. The Hall–Kier alpha value is -1.13. The van der Waals surface area contributed by atoms with Crippen LogP contribution in [0.4, 0.5) is 5.82 Å². The first-order chi connectivity index (χ1) is 6.77. The second-order valence-corrected chi connectivity index (χ2v) is 3.68. The molecule has 1 aromatic rings. The monoisotopic (exact) mass is 192 g/mol. The average Bonchev–Trinajstić information content (AvgIpc) is 2.23. The van der Waals surface area contributed by atoms with Gasteiger partial charge in [0.2, 0.25) is 0 Å². The number of aryl methyl sites for hydroxylation is 1. The molecule has 14 heavy (non-hydrogen) atoms. The fourth-order valence-electron chi connectivity index (χ4n) is 1.69. The number of nitrogens with two attached hydrogens (primary N) is 1. The van der Waals surface area contributed by atoms with Gasteiger partial charge in [-0.2, -0.15) is 0 Å². The third-order valence-electron chi connectivity index (χ3n) is 2.58. The Morgan fingerprint density at radius 2 is 2.36 bits per heavy atom. The number of aromatic nitrogens is 1. The highest BCUT2D eigenvalue weighted by atomic mass is 15.1. The van der Waals surface area contributed by atoms with Gasteiger partial charge in [-0.05, 0) is 24.1 Å². The third-order valence-corrected chi connectivity index (χ3v) is 2.58. The van der Waals surface area contributed by atoms with Gasteiger partial charge >= 0.3 is 0 Å². The molecule has 0 bridgehead atoms. The van der Waals surface area contributed by atoms with Crippen molar-refractivity contribution in [3.05, 3.63) is 23.4 Å². The number of hydrogen-bond acceptors (Lipinski definition) is 4. The molecule has 0 saturated carbocycles. The van der Waals surface area contributed by atoms with E-state index in [2.05, 4.69) is 21.7 Å². The second kappa shape index (κ2) is 3.94. The number of nitrogens with one attached hydrogen (secondary N) is 2. The molecule has 4 nitrogen and oxygen atoms in total. The van der Waals surface area contributed by atoms with Crippen LogP contribution in [-0.4, -0.2) is 24.6 Å². The van der Waals surface area contributed by atoms with Crippen LogP contribution in [0.25, 0.3) is 0 Å². The third kappa shape index (κ3) is 1.86. The van der Waals surface area contributed by atoms with Gasteiger partial charge in [0.1, 0.15) is 5.82 Å². The molecule has 0 amide bonds. The minimum Gasteiger partial charge on any atom is -0.383 e. The number of piperazine rings is 1. The summed E-state index contributed by atoms with van der Waals surface area (Å²) in [6.45, 7) is 5.00. The minimum absolute atomic E-state index is 0.371. The Bertz CT molecular complexity index is 318. The van der Waals surface area contributed by atoms with Gasteiger partial charge in [-0.25, -0.2) is 4.98 Å². The molecular weight excluding hydrogens is 176 g/mol. The summed E-state index contributed by atoms with van der Waals surface area (Å²) < 4.78 is 0. The van der Waals surface area contributed by atoms with E-state index in [-0.39, 0.29) is 0 Å². The summed E-state index contributed by atoms with van der Waals surface area (Å²) in [5.74, 6) is 0.623. The minimum atomic E-state index is 0.371. The molecule has 1 aliphatic rings. The van der Waals surface area contributed by atoms with Gasteiger partial charge in [0.25, 0.3) is 0 Å². The van der Waals surface area contributed by atoms with Crippen LogP contribution in [0.5, 0.6) is 0 Å². The summed E-state index contributed by atoms with van der Waals surface area (Å²) in [6, 6.07) is 2.48. The van der Waals surface area contributed by atoms with Crippen molar-refractivity contribution in [3.8, 4) is 0 Å². The zero-order valence-electron chi connectivity index (χ0n) is 8.38. The number of hydrogen-bond donors (Lipinski definition) is 3. The predicted molar refractivity (Wildman–Crippen MR) is 57.0 cm³/mol. The predicted octanol–water partition coefficient (Wildman–Crippen LogP) is 0.206. The Labute approximate surface area is 83.9 Å². The van der Waals surface area contributed by atoms with E-state index in [1.165, 1.54) is 5.56 Å². The number of anilines is 1. The summed E-state index contributed by atoms with van der Waals surface area (Å²) in [4.78, 5) is 4.16. The maximum absolute atomic E-state index is 5.67. The topological polar surface area (TPSA) is 63.0 Å². The Morgan fingerprint density at radius 1 is 1.50 bits per heavy atom. The van der Waals surface area contributed by atoms with Gasteiger partial charge in [0, 0.05) is 31.9 Å². The van der Waals surface area contributed by atoms with Gasteiger partial charge in [0.05, 0.1) is 0 Å². The molecule has 0 spiro atoms. The van der Waals surface area contributed by atoms with Crippen molar-refractivity contribution in [2.24, 2.45) is 0 Å². The van der Waals surface area contributed by atoms with Gasteiger partial charge in [0.15, 0.2) is 0 Å². The first-order valence-electron chi connectivity index (χ1n) is 4.93. The van der Waals surface area contributed by atoms with E-state index < -0.39 is 0 Å². The van der Waals surface area contributed by atoms with E-state index in [0.29, 0.717) is 11.9 Å². The molecule has 1 aromatic heterocycles. The highest BCUT2D eigenvalue weighted by Crippen LogP contribution is 2.16. The molecular formula is C10H16N4. The van der Waals surface area contributed by atoms with E-state index in [0.717, 1.165) is 25.2 Å². The van der Waals surface area contributed by atoms with Crippen LogP contribution in [0.2, 0.25) is 0 Å². The van der Waals surface area contributed by atoms with Crippen LogP contribution < -0.4 is 16.4 Å². The van der Waals surface area contributed by atoms with Gasteiger partial charge in [-0.3, -0.25) is 0 Å². The molecule has 76 valence electrons. The van der Waals surface area contributed by atoms with Crippen molar-refractivity contribution in [3.63, 3.8) is 0 Å². The maximum Gasteiger partial charge on any atom is 0.126 e. The van der Waals surface area contributed by atoms with Crippen LogP contribution in [0.15, 0.2) is 12.3 Å². The van der Waals surface area contributed by atoms with Crippen molar-refractivity contribution in [2.75, 3.05) is 25.4 Å². The van der Waals surface area contributed by atoms with Crippen LogP contribution in [-0.2, 0) is 0 Å². The summed E-state index contributed by atoms with van der Waals surface area (Å²) in [5.41, 5.74) is 7.93. The fraction of sp³-hybridized carbons (Fsp3) is 0.500. The highest BCUT2D eigenvalue weighted by Gasteiger charge is 2.14. The maximum atomic E-state index is 5.67. The van der Waals surface area contributed by atoms with Crippen LogP contribution in [0.3, 0.4) is 0 Å². The Balaban J connectivity index is 2.18. The van der Waals surface area contributed by atoms with E-state index in [4.69, 9.17) is 5.73 Å². The van der Waals surface area contributed by atoms with Crippen LogP contribution in [0.1, 0.15) is 17.2 Å². The molecule has 1 aliphatic heterocycles. The largest absolute Gasteiger partial charge is 0.383 e. The molecule has 0 radical (unpaired) electrons. The molecule has 2 heterocycles. The summed E-state index contributed by atoms with van der Waals surface area (Å²) >= 11 is 0. The zero-order valence-corrected chi connectivity index (χ0v) is 8.38. The second-order valence-electron chi connectivity index (χ2n) is 3.68. The zero-order chi connectivity index (χ0) is 9.97. The number of nitrogens with zero attached hydrogens (tertiary/aromatic N) is 1. The van der Waals surface area contributed by atoms with Crippen LogP contribution >= 0.6 is 0 Å². The normalized spacial score (nSPS) is 22.2. The van der Waals surface area contributed by atoms with Gasteiger partial charge < -0.3 is 16.4 Å². The fourth-order valence-corrected chi connectivity index (χ4v) is 1.69. The molecule has 1 saturated heterocycles. The Morgan fingerprint density at radius 3 is 3.00 bits per heavy atom. The quantitative estimate of drug-likeness (QED) is 0.595. The van der Waals surface area contributed by atoms with Crippen LogP contribution in [0, 0.1) is 6.92 Å². The lowest BCUT2D eigenvalue weighted by Gasteiger charge is -2.24. The van der Waals surface area contributed by atoms with E-state index in [1.807, 2.05) is 13.1 Å². The van der Waals surface area contributed by atoms with E-state index in [9.17, 15) is 0 Å². The lowest BCUT2D eigenvalue weighted by molar-refractivity contribution is 0.429. The molecule has 1 unspecified atom stereocenters. The van der Waals surface area contributed by atoms with E-state index >= 15 is 0 Å². The van der Waals surface area contributed by atoms with Crippen molar-refractivity contribution in [1.82, 2.24) is 15.6 Å². The molecule has 0 aliphatic carbocycles. The standard InChI is InChI=1S/C10H16N4/c1-7-4-8(5-14-10(7)11)9-6-12-2-3-13-9/h4-5,9,12-13H,2-3,6H2,1H3,(H2,11,14). The molecule has 1 fully saturated rings. The lowest BCUT2D eigenvalue weighted by Crippen LogP contribution is -2.42. The molecule has 0 aromatic carbocycles. The lowest BCUT2D eigenvalue weighted by atomic mass is 10.1. The van der Waals surface area contributed by atoms with Crippen molar-refractivity contribution in [2.45, 2.75) is 13.0 Å². The summed E-state index contributed by atoms with van der Waals surface area (Å²) in [6.07, 6.45) is 1.85. The van der Waals surface area contributed by atoms with Crippen molar-refractivity contribution in [1.29, 1.82) is 0 Å². The average molecular weight is 192 g/mol. The number of nitrogen functional groups attached to an aromatic ring is 1. The van der Waals surface area contributed by atoms with Crippen molar-refractivity contribution >= 4 is 5.82 Å². The molecule has 2 rings (SSSR count). The first-order valence-corrected chi connectivity index (χ1v) is 4.93. The van der Waals surface area contributed by atoms with Crippen molar-refractivity contribution < 1.29 is 0 Å². The Kier molecular flexibility index (Phi) is 2.65. The molecule has 4 N–H and O–H groups in total. The van der Waals surface area contributed by atoms with Gasteiger partial charge in [-0.15, -0.1) is 0 Å². The molecule has 1 atom stereocenters. The summed E-state index contributed by atoms with van der Waals surface area (Å²) in [5, 5.41) is 6.78. The SMILES string of the molecule is Cc1cc(C2CNCCN2)cnc1N. The molecule has 4 heteroatoms.